The highest BCUT2D eigenvalue weighted by atomic mass is 79.9. The van der Waals surface area contributed by atoms with Crippen LogP contribution in [0.15, 0.2) is 77.3 Å². The van der Waals surface area contributed by atoms with Crippen LogP contribution in [0, 0.1) is 5.82 Å². The molecule has 0 unspecified atom stereocenters. The largest absolute Gasteiger partial charge is 0.454 e. The minimum Gasteiger partial charge on any atom is -0.454 e. The Bertz CT molecular complexity index is 830. The number of rotatable bonds is 4. The predicted octanol–water partition coefficient (Wildman–Crippen LogP) is 5.61. The zero-order chi connectivity index (χ0) is 16.2. The molecule has 4 heteroatoms. The second-order valence-electron chi connectivity index (χ2n) is 4.90. The van der Waals surface area contributed by atoms with Gasteiger partial charge in [0.15, 0.2) is 17.3 Å². The Morgan fingerprint density at radius 3 is 2.17 bits per heavy atom. The van der Waals surface area contributed by atoms with E-state index in [1.165, 1.54) is 6.07 Å². The maximum absolute atomic E-state index is 13.8. The Labute approximate surface area is 141 Å². The summed E-state index contributed by atoms with van der Waals surface area (Å²) in [7, 11) is 0. The van der Waals surface area contributed by atoms with Gasteiger partial charge in [-0.2, -0.15) is 0 Å². The van der Waals surface area contributed by atoms with E-state index in [9.17, 15) is 9.18 Å². The lowest BCUT2D eigenvalue weighted by Crippen LogP contribution is -2.00. The zero-order valence-corrected chi connectivity index (χ0v) is 13.6. The number of hydrogen-bond donors (Lipinski definition) is 0. The fourth-order valence-corrected chi connectivity index (χ4v) is 2.45. The highest BCUT2D eigenvalue weighted by Gasteiger charge is 2.09. The summed E-state index contributed by atoms with van der Waals surface area (Å²) in [5.41, 5.74) is 1.18. The van der Waals surface area contributed by atoms with Gasteiger partial charge in [0.2, 0.25) is 0 Å². The lowest BCUT2D eigenvalue weighted by atomic mass is 10.0. The topological polar surface area (TPSA) is 26.3 Å². The van der Waals surface area contributed by atoms with E-state index in [0.717, 1.165) is 0 Å². The molecule has 0 aliphatic carbocycles. The number of carbonyl (C=O) groups is 1. The van der Waals surface area contributed by atoms with E-state index in [1.807, 2.05) is 18.2 Å². The van der Waals surface area contributed by atoms with Crippen LogP contribution >= 0.6 is 15.9 Å². The molecule has 114 valence electrons. The summed E-state index contributed by atoms with van der Waals surface area (Å²) in [5.74, 6) is 0.0851. The molecule has 0 heterocycles. The first kappa shape index (κ1) is 15.4. The molecule has 0 spiro atoms. The van der Waals surface area contributed by atoms with E-state index in [2.05, 4.69) is 15.9 Å². The Kier molecular flexibility index (Phi) is 4.53. The third-order valence-corrected chi connectivity index (χ3v) is 3.77. The van der Waals surface area contributed by atoms with E-state index >= 15 is 0 Å². The Morgan fingerprint density at radius 1 is 0.870 bits per heavy atom. The van der Waals surface area contributed by atoms with Gasteiger partial charge in [-0.3, -0.25) is 4.79 Å². The second kappa shape index (κ2) is 6.75. The van der Waals surface area contributed by atoms with Crippen LogP contribution in [0.4, 0.5) is 4.39 Å². The third kappa shape index (κ3) is 3.66. The van der Waals surface area contributed by atoms with Crippen molar-refractivity contribution in [2.24, 2.45) is 0 Å². The van der Waals surface area contributed by atoms with E-state index in [0.29, 0.717) is 21.3 Å². The van der Waals surface area contributed by atoms with Gasteiger partial charge >= 0.3 is 0 Å². The first-order valence-electron chi connectivity index (χ1n) is 6.96. The number of benzene rings is 3. The molecule has 3 aromatic rings. The third-order valence-electron chi connectivity index (χ3n) is 3.27. The van der Waals surface area contributed by atoms with Crippen LogP contribution in [0.3, 0.4) is 0 Å². The first-order valence-corrected chi connectivity index (χ1v) is 7.75. The lowest BCUT2D eigenvalue weighted by Gasteiger charge is -2.08. The maximum atomic E-state index is 13.8. The molecular weight excluding hydrogens is 359 g/mol. The molecule has 0 fully saturated rings. The Morgan fingerprint density at radius 2 is 1.52 bits per heavy atom. The number of hydrogen-bond acceptors (Lipinski definition) is 2. The second-order valence-corrected chi connectivity index (χ2v) is 5.81. The van der Waals surface area contributed by atoms with Crippen LogP contribution in [0.2, 0.25) is 0 Å². The van der Waals surface area contributed by atoms with Gasteiger partial charge in [0.1, 0.15) is 5.75 Å². The summed E-state index contributed by atoms with van der Waals surface area (Å²) >= 11 is 3.20. The highest BCUT2D eigenvalue weighted by molar-refractivity contribution is 9.10. The van der Waals surface area contributed by atoms with Crippen LogP contribution in [-0.2, 0) is 0 Å². The summed E-state index contributed by atoms with van der Waals surface area (Å²) in [6.07, 6.45) is 0. The van der Waals surface area contributed by atoms with Crippen molar-refractivity contribution >= 4 is 21.7 Å². The quantitative estimate of drug-likeness (QED) is 0.557. The van der Waals surface area contributed by atoms with Crippen molar-refractivity contribution in [3.63, 3.8) is 0 Å². The number of ketones is 1. The number of halogens is 2. The molecule has 0 amide bonds. The molecule has 0 saturated carbocycles. The smallest absolute Gasteiger partial charge is 0.193 e. The van der Waals surface area contributed by atoms with Crippen molar-refractivity contribution in [1.29, 1.82) is 0 Å². The van der Waals surface area contributed by atoms with E-state index < -0.39 is 5.82 Å². The number of ether oxygens (including phenoxy) is 1. The van der Waals surface area contributed by atoms with Crippen molar-refractivity contribution in [3.05, 3.63) is 94.2 Å². The first-order chi connectivity index (χ1) is 11.1. The van der Waals surface area contributed by atoms with Gasteiger partial charge in [-0.15, -0.1) is 0 Å². The molecule has 2 nitrogen and oxygen atoms in total. The lowest BCUT2D eigenvalue weighted by molar-refractivity contribution is 0.103. The summed E-state index contributed by atoms with van der Waals surface area (Å²) < 4.78 is 19.9. The molecule has 0 aromatic heterocycles. The molecule has 3 rings (SSSR count). The molecule has 0 radical (unpaired) electrons. The van der Waals surface area contributed by atoms with Gasteiger partial charge in [-0.05, 0) is 42.5 Å². The van der Waals surface area contributed by atoms with Gasteiger partial charge in [-0.25, -0.2) is 4.39 Å². The minimum absolute atomic E-state index is 0.0630. The monoisotopic (exact) mass is 370 g/mol. The maximum Gasteiger partial charge on any atom is 0.193 e. The average molecular weight is 371 g/mol. The summed E-state index contributed by atoms with van der Waals surface area (Å²) in [5, 5.41) is 0. The normalized spacial score (nSPS) is 10.3. The van der Waals surface area contributed by atoms with Gasteiger partial charge in [0.05, 0.1) is 0 Å². The van der Waals surface area contributed by atoms with Crippen molar-refractivity contribution in [2.75, 3.05) is 0 Å². The van der Waals surface area contributed by atoms with Gasteiger partial charge in [-0.1, -0.05) is 46.3 Å². The molecule has 0 N–H and O–H groups in total. The van der Waals surface area contributed by atoms with Crippen molar-refractivity contribution in [2.45, 2.75) is 0 Å². The zero-order valence-electron chi connectivity index (χ0n) is 12.0. The Balaban J connectivity index is 1.78. The van der Waals surface area contributed by atoms with Crippen LogP contribution in [-0.4, -0.2) is 5.78 Å². The van der Waals surface area contributed by atoms with Crippen LogP contribution in [0.5, 0.6) is 11.5 Å². The van der Waals surface area contributed by atoms with Gasteiger partial charge in [0, 0.05) is 15.6 Å². The van der Waals surface area contributed by atoms with E-state index in [-0.39, 0.29) is 11.5 Å². The van der Waals surface area contributed by atoms with Crippen molar-refractivity contribution in [1.82, 2.24) is 0 Å². The standard InChI is InChI=1S/C19H12BrFO2/c20-15-8-11-18(17(21)12-15)23-16-9-6-14(7-10-16)19(22)13-4-2-1-3-5-13/h1-12H. The Hall–Kier alpha value is -2.46. The van der Waals surface area contributed by atoms with E-state index in [4.69, 9.17) is 4.74 Å². The summed E-state index contributed by atoms with van der Waals surface area (Å²) in [6.45, 7) is 0. The molecule has 0 aliphatic rings. The molecular formula is C19H12BrFO2. The molecule has 0 saturated heterocycles. The fourth-order valence-electron chi connectivity index (χ4n) is 2.12. The highest BCUT2D eigenvalue weighted by Crippen LogP contribution is 2.27. The molecule has 0 atom stereocenters. The van der Waals surface area contributed by atoms with Gasteiger partial charge in [0.25, 0.3) is 0 Å². The van der Waals surface area contributed by atoms with Crippen molar-refractivity contribution in [3.8, 4) is 11.5 Å². The molecule has 0 bridgehead atoms. The minimum atomic E-state index is -0.455. The van der Waals surface area contributed by atoms with Crippen LogP contribution in [0.25, 0.3) is 0 Å². The SMILES string of the molecule is O=C(c1ccccc1)c1ccc(Oc2ccc(Br)cc2F)cc1. The molecule has 3 aromatic carbocycles. The van der Waals surface area contributed by atoms with E-state index in [1.54, 1.807) is 48.5 Å². The average Bonchev–Trinajstić information content (AvgIpc) is 2.58. The van der Waals surface area contributed by atoms with Crippen LogP contribution < -0.4 is 4.74 Å². The fraction of sp³-hybridized carbons (Fsp3) is 0. The summed E-state index contributed by atoms with van der Waals surface area (Å²) in [4.78, 5) is 12.3. The number of carbonyl (C=O) groups excluding carboxylic acids is 1. The molecule has 0 aliphatic heterocycles. The summed E-state index contributed by atoms with van der Waals surface area (Å²) in [6, 6.07) is 20.3. The predicted molar refractivity (Wildman–Crippen MR) is 90.5 cm³/mol. The van der Waals surface area contributed by atoms with Crippen molar-refractivity contribution < 1.29 is 13.9 Å². The molecule has 23 heavy (non-hydrogen) atoms. The van der Waals surface area contributed by atoms with Crippen LogP contribution in [0.1, 0.15) is 15.9 Å². The van der Waals surface area contributed by atoms with Gasteiger partial charge < -0.3 is 4.74 Å².